The first-order chi connectivity index (χ1) is 31.0. The van der Waals surface area contributed by atoms with Gasteiger partial charge in [0.1, 0.15) is 29.8 Å². The number of pyridine rings is 1. The van der Waals surface area contributed by atoms with Gasteiger partial charge in [0.05, 0.1) is 33.4 Å². The van der Waals surface area contributed by atoms with E-state index in [1.807, 2.05) is 6.20 Å². The van der Waals surface area contributed by atoms with Crippen LogP contribution < -0.4 is 14.5 Å². The summed E-state index contributed by atoms with van der Waals surface area (Å²) in [5.74, 6) is 4.31. The van der Waals surface area contributed by atoms with Crippen LogP contribution in [0.4, 0.5) is 22.7 Å². The predicted octanol–water partition coefficient (Wildman–Crippen LogP) is 15.1. The summed E-state index contributed by atoms with van der Waals surface area (Å²) in [4.78, 5) is 15.1. The lowest BCUT2D eigenvalue weighted by Crippen LogP contribution is -2.24. The molecule has 0 atom stereocenters. The first kappa shape index (κ1) is 40.0. The molecule has 2 aliphatic heterocycles. The maximum Gasteiger partial charge on any atom is 0.137 e. The monoisotopic (exact) mass is 840 g/mol. The summed E-state index contributed by atoms with van der Waals surface area (Å²) in [7, 11) is 0. The molecule has 7 heteroatoms. The number of aryl methyl sites for hydroxylation is 2. The molecule has 0 saturated carbocycles. The molecule has 7 nitrogen and oxygen atoms in total. The summed E-state index contributed by atoms with van der Waals surface area (Å²) in [5, 5.41) is 2.35. The van der Waals surface area contributed by atoms with Crippen molar-refractivity contribution in [2.24, 2.45) is 0 Å². The number of para-hydroxylation sites is 2. The van der Waals surface area contributed by atoms with Crippen LogP contribution in [0.5, 0.6) is 11.5 Å². The van der Waals surface area contributed by atoms with Crippen LogP contribution in [-0.4, -0.2) is 25.8 Å². The SMILES string of the molecule is CC(C)c1cccc(C(C)C)c1-c1cc(Oc2ccc3c4ccccc4n(-c4cc(C(C)(C)C)ccn4)c3c2)cc(N2CN(c3ccccc3)c3cc4c(cc32)nc2n4CCCC2)c1. The van der Waals surface area contributed by atoms with Crippen molar-refractivity contribution in [2.75, 3.05) is 16.5 Å². The summed E-state index contributed by atoms with van der Waals surface area (Å²) in [6.07, 6.45) is 5.33. The Morgan fingerprint density at radius 1 is 0.609 bits per heavy atom. The van der Waals surface area contributed by atoms with Gasteiger partial charge in [-0.25, -0.2) is 9.97 Å². The maximum atomic E-state index is 7.15. The fourth-order valence-electron chi connectivity index (χ4n) is 10.2. The Morgan fingerprint density at radius 2 is 1.34 bits per heavy atom. The summed E-state index contributed by atoms with van der Waals surface area (Å²) in [6, 6.07) is 48.7. The number of hydrogen-bond donors (Lipinski definition) is 0. The molecule has 6 aromatic carbocycles. The standard InChI is InChI=1S/C57H56N6O/c1-36(2)44-19-15-20-45(37(3)4)56(44)38-28-41(62-35-61(40-16-9-8-10-17-40)53-34-51-48(33-52(53)62)59-54-22-13-14-27-60(51)54)31-43(29-38)64-42-23-24-47-46-18-11-12-21-49(46)63(50(47)32-42)55-30-39(25-26-58-55)57(5,6)7/h8-12,15-21,23-26,28-34,36-37H,13-14,22,27,35H2,1-7H3. The highest BCUT2D eigenvalue weighted by Crippen LogP contribution is 2.49. The molecule has 0 radical (unpaired) electrons. The first-order valence-corrected chi connectivity index (χ1v) is 23.1. The van der Waals surface area contributed by atoms with E-state index in [9.17, 15) is 0 Å². The number of nitrogens with zero attached hydrogens (tertiary/aromatic N) is 6. The Hall–Kier alpha value is -6.86. The zero-order chi connectivity index (χ0) is 43.9. The smallest absolute Gasteiger partial charge is 0.137 e. The van der Waals surface area contributed by atoms with Crippen LogP contribution >= 0.6 is 0 Å². The van der Waals surface area contributed by atoms with E-state index in [-0.39, 0.29) is 5.41 Å². The van der Waals surface area contributed by atoms with Gasteiger partial charge in [0.2, 0.25) is 0 Å². The van der Waals surface area contributed by atoms with E-state index >= 15 is 0 Å². The Kier molecular flexibility index (Phi) is 9.64. The number of hydrogen-bond acceptors (Lipinski definition) is 5. The number of imidazole rings is 1. The normalized spacial score (nSPS) is 14.1. The van der Waals surface area contributed by atoms with E-state index in [4.69, 9.17) is 14.7 Å². The molecule has 11 rings (SSSR count). The lowest BCUT2D eigenvalue weighted by molar-refractivity contribution is 0.483. The van der Waals surface area contributed by atoms with E-state index in [0.717, 1.165) is 74.8 Å². The molecule has 64 heavy (non-hydrogen) atoms. The summed E-state index contributed by atoms with van der Waals surface area (Å²) < 4.78 is 11.9. The first-order valence-electron chi connectivity index (χ1n) is 23.1. The quantitative estimate of drug-likeness (QED) is 0.153. The molecule has 5 heterocycles. The molecule has 0 bridgehead atoms. The van der Waals surface area contributed by atoms with Crippen LogP contribution in [0, 0.1) is 0 Å². The Balaban J connectivity index is 1.10. The third-order valence-corrected chi connectivity index (χ3v) is 13.5. The predicted molar refractivity (Wildman–Crippen MR) is 266 cm³/mol. The number of rotatable bonds is 8. The topological polar surface area (TPSA) is 51.4 Å². The van der Waals surface area contributed by atoms with Gasteiger partial charge < -0.3 is 19.1 Å². The number of anilines is 4. The van der Waals surface area contributed by atoms with E-state index in [0.29, 0.717) is 18.5 Å². The second-order valence-electron chi connectivity index (χ2n) is 19.4. The minimum atomic E-state index is -0.0187. The highest BCUT2D eigenvalue weighted by Gasteiger charge is 2.32. The molecule has 0 N–H and O–H groups in total. The van der Waals surface area contributed by atoms with Crippen molar-refractivity contribution in [2.45, 2.75) is 91.5 Å². The Bertz CT molecular complexity index is 3210. The highest BCUT2D eigenvalue weighted by molar-refractivity contribution is 6.09. The number of benzene rings is 6. The minimum Gasteiger partial charge on any atom is -0.457 e. The van der Waals surface area contributed by atoms with Gasteiger partial charge in [-0.1, -0.05) is 103 Å². The van der Waals surface area contributed by atoms with Gasteiger partial charge in [0.25, 0.3) is 0 Å². The fourth-order valence-corrected chi connectivity index (χ4v) is 10.2. The summed E-state index contributed by atoms with van der Waals surface area (Å²) in [5.41, 5.74) is 15.3. The van der Waals surface area contributed by atoms with Gasteiger partial charge in [-0.15, -0.1) is 0 Å². The van der Waals surface area contributed by atoms with Gasteiger partial charge in [0, 0.05) is 53.4 Å². The van der Waals surface area contributed by atoms with Crippen LogP contribution in [0.25, 0.3) is 49.8 Å². The number of ether oxygens (including phenoxy) is 1. The molecule has 9 aromatic rings. The van der Waals surface area contributed by atoms with E-state index < -0.39 is 0 Å². The van der Waals surface area contributed by atoms with Crippen molar-refractivity contribution < 1.29 is 4.74 Å². The van der Waals surface area contributed by atoms with Crippen LogP contribution in [0.2, 0.25) is 0 Å². The van der Waals surface area contributed by atoms with Crippen LogP contribution in [-0.2, 0) is 18.4 Å². The van der Waals surface area contributed by atoms with Crippen molar-refractivity contribution in [3.63, 3.8) is 0 Å². The molecular weight excluding hydrogens is 785 g/mol. The largest absolute Gasteiger partial charge is 0.457 e. The lowest BCUT2D eigenvalue weighted by atomic mass is 9.85. The van der Waals surface area contributed by atoms with Crippen molar-refractivity contribution in [1.82, 2.24) is 19.1 Å². The molecular formula is C57H56N6O. The van der Waals surface area contributed by atoms with Crippen molar-refractivity contribution in [1.29, 1.82) is 0 Å². The van der Waals surface area contributed by atoms with Gasteiger partial charge >= 0.3 is 0 Å². The number of aromatic nitrogens is 4. The van der Waals surface area contributed by atoms with Crippen LogP contribution in [0.3, 0.4) is 0 Å². The molecule has 0 aliphatic carbocycles. The Labute approximate surface area is 376 Å². The lowest BCUT2D eigenvalue weighted by Gasteiger charge is -2.25. The minimum absolute atomic E-state index is 0.0187. The fraction of sp³-hybridized carbons (Fsp3) is 0.263. The van der Waals surface area contributed by atoms with Gasteiger partial charge in [0.15, 0.2) is 0 Å². The van der Waals surface area contributed by atoms with Crippen molar-refractivity contribution >= 4 is 55.6 Å². The maximum absolute atomic E-state index is 7.15. The van der Waals surface area contributed by atoms with Crippen LogP contribution in [0.1, 0.15) is 95.7 Å². The van der Waals surface area contributed by atoms with Gasteiger partial charge in [-0.2, -0.15) is 0 Å². The number of fused-ring (bicyclic) bond motifs is 7. The molecule has 0 amide bonds. The molecule has 3 aromatic heterocycles. The molecule has 2 aliphatic rings. The van der Waals surface area contributed by atoms with E-state index in [1.165, 1.54) is 57.5 Å². The molecule has 0 saturated heterocycles. The molecule has 320 valence electrons. The third-order valence-electron chi connectivity index (χ3n) is 13.5. The van der Waals surface area contributed by atoms with Gasteiger partial charge in [-0.05, 0) is 125 Å². The summed E-state index contributed by atoms with van der Waals surface area (Å²) in [6.45, 7) is 17.6. The molecule has 0 unspecified atom stereocenters. The zero-order valence-electron chi connectivity index (χ0n) is 38.1. The van der Waals surface area contributed by atoms with E-state index in [2.05, 4.69) is 201 Å². The van der Waals surface area contributed by atoms with Crippen molar-refractivity contribution in [3.8, 4) is 28.4 Å². The molecule has 0 fully saturated rings. The van der Waals surface area contributed by atoms with Gasteiger partial charge in [-0.3, -0.25) is 4.57 Å². The second-order valence-corrected chi connectivity index (χ2v) is 19.4. The third kappa shape index (κ3) is 6.80. The average molecular weight is 841 g/mol. The zero-order valence-corrected chi connectivity index (χ0v) is 38.1. The Morgan fingerprint density at radius 3 is 2.12 bits per heavy atom. The highest BCUT2D eigenvalue weighted by atomic mass is 16.5. The molecule has 0 spiro atoms. The van der Waals surface area contributed by atoms with Crippen molar-refractivity contribution in [3.05, 3.63) is 162 Å². The second kappa shape index (κ2) is 15.4. The summed E-state index contributed by atoms with van der Waals surface area (Å²) >= 11 is 0. The average Bonchev–Trinajstić information content (AvgIpc) is 3.97. The van der Waals surface area contributed by atoms with E-state index in [1.54, 1.807) is 0 Å². The van der Waals surface area contributed by atoms with Crippen LogP contribution in [0.15, 0.2) is 140 Å².